The Bertz CT molecular complexity index is 532. The highest BCUT2D eigenvalue weighted by atomic mass is 35.5. The van der Waals surface area contributed by atoms with Gasteiger partial charge in [0.25, 0.3) is 0 Å². The molecule has 1 unspecified atom stereocenters. The van der Waals surface area contributed by atoms with Crippen molar-refractivity contribution < 1.29 is 4.79 Å². The first-order chi connectivity index (χ1) is 11.6. The zero-order chi connectivity index (χ0) is 17.0. The summed E-state index contributed by atoms with van der Waals surface area (Å²) in [6.07, 6.45) is 7.71. The van der Waals surface area contributed by atoms with E-state index in [9.17, 15) is 4.79 Å². The summed E-state index contributed by atoms with van der Waals surface area (Å²) in [5.74, 6) is 0.691. The zero-order valence-electron chi connectivity index (χ0n) is 15.8. The smallest absolute Gasteiger partial charge is 0.248 e. The van der Waals surface area contributed by atoms with Gasteiger partial charge in [-0.1, -0.05) is 0 Å². The van der Waals surface area contributed by atoms with E-state index in [0.29, 0.717) is 12.0 Å². The number of carbonyl (C=O) groups is 1. The van der Waals surface area contributed by atoms with Crippen LogP contribution in [0.5, 0.6) is 0 Å². The molecule has 0 saturated carbocycles. The predicted molar refractivity (Wildman–Crippen MR) is 109 cm³/mol. The fraction of sp³-hybridized carbons (Fsp3) is 0.778. The molecule has 2 aliphatic heterocycles. The topological polar surface area (TPSA) is 62.2 Å². The maximum absolute atomic E-state index is 13.1. The predicted octanol–water partition coefficient (Wildman–Crippen LogP) is 2.04. The summed E-state index contributed by atoms with van der Waals surface area (Å²) in [6, 6.07) is 2.49. The van der Waals surface area contributed by atoms with E-state index in [1.54, 1.807) is 6.20 Å². The van der Waals surface area contributed by atoms with Gasteiger partial charge in [-0.25, -0.2) is 0 Å². The largest absolute Gasteiger partial charge is 0.354 e. The van der Waals surface area contributed by atoms with Crippen molar-refractivity contribution >= 4 is 30.7 Å². The molecule has 2 aliphatic rings. The number of likely N-dealkylation sites (tertiary alicyclic amines) is 1. The van der Waals surface area contributed by atoms with Crippen LogP contribution in [0.3, 0.4) is 0 Å². The van der Waals surface area contributed by atoms with Gasteiger partial charge < -0.3 is 15.5 Å². The van der Waals surface area contributed by atoms with Crippen molar-refractivity contribution in [1.82, 2.24) is 25.3 Å². The zero-order valence-corrected chi connectivity index (χ0v) is 17.5. The van der Waals surface area contributed by atoms with E-state index in [1.807, 2.05) is 16.9 Å². The molecular weight excluding hydrogens is 373 g/mol. The first-order valence-electron chi connectivity index (χ1n) is 9.35. The van der Waals surface area contributed by atoms with E-state index in [-0.39, 0.29) is 30.7 Å². The molecule has 0 bridgehead atoms. The van der Waals surface area contributed by atoms with Gasteiger partial charge in [0.1, 0.15) is 5.54 Å². The summed E-state index contributed by atoms with van der Waals surface area (Å²) in [7, 11) is 0. The summed E-state index contributed by atoms with van der Waals surface area (Å²) in [4.78, 5) is 15.6. The molecule has 1 atom stereocenters. The quantitative estimate of drug-likeness (QED) is 0.786. The Labute approximate surface area is 169 Å². The van der Waals surface area contributed by atoms with Gasteiger partial charge in [-0.2, -0.15) is 5.10 Å². The molecule has 0 aliphatic carbocycles. The SMILES string of the molecule is CC(C)N1CCCC(CNC(=O)C2(n3cccn3)CCNCC2)C1.Cl.Cl. The summed E-state index contributed by atoms with van der Waals surface area (Å²) < 4.78 is 1.87. The van der Waals surface area contributed by atoms with Gasteiger partial charge in [0.15, 0.2) is 0 Å². The number of amides is 1. The van der Waals surface area contributed by atoms with Crippen LogP contribution in [0.25, 0.3) is 0 Å². The molecule has 1 aromatic heterocycles. The Morgan fingerprint density at radius 3 is 2.69 bits per heavy atom. The molecule has 0 radical (unpaired) electrons. The first-order valence-corrected chi connectivity index (χ1v) is 9.35. The summed E-state index contributed by atoms with van der Waals surface area (Å²) >= 11 is 0. The van der Waals surface area contributed by atoms with Crippen molar-refractivity contribution in [3.05, 3.63) is 18.5 Å². The molecular formula is C18H33Cl2N5O. The van der Waals surface area contributed by atoms with E-state index in [0.717, 1.165) is 39.0 Å². The molecule has 1 aromatic rings. The average molecular weight is 406 g/mol. The summed E-state index contributed by atoms with van der Waals surface area (Å²) in [5.41, 5.74) is -0.527. The monoisotopic (exact) mass is 405 g/mol. The van der Waals surface area contributed by atoms with Gasteiger partial charge in [-0.3, -0.25) is 9.48 Å². The molecule has 6 nitrogen and oxygen atoms in total. The molecule has 150 valence electrons. The molecule has 3 rings (SSSR count). The van der Waals surface area contributed by atoms with Crippen LogP contribution in [-0.2, 0) is 10.3 Å². The third kappa shape index (κ3) is 5.12. The molecule has 0 spiro atoms. The molecule has 8 heteroatoms. The lowest BCUT2D eigenvalue weighted by atomic mass is 9.87. The number of nitrogens with one attached hydrogen (secondary N) is 2. The second-order valence-electron chi connectivity index (χ2n) is 7.54. The first kappa shape index (κ1) is 23.2. The van der Waals surface area contributed by atoms with Crippen LogP contribution in [0.1, 0.15) is 39.5 Å². The van der Waals surface area contributed by atoms with Crippen LogP contribution in [0.15, 0.2) is 18.5 Å². The second-order valence-corrected chi connectivity index (χ2v) is 7.54. The van der Waals surface area contributed by atoms with Crippen molar-refractivity contribution in [3.8, 4) is 0 Å². The summed E-state index contributed by atoms with van der Waals surface area (Å²) in [5, 5.41) is 11.0. The highest BCUT2D eigenvalue weighted by Gasteiger charge is 2.42. The van der Waals surface area contributed by atoms with Crippen molar-refractivity contribution in [2.75, 3.05) is 32.7 Å². The number of piperidine rings is 2. The number of carbonyl (C=O) groups excluding carboxylic acids is 1. The van der Waals surface area contributed by atoms with Gasteiger partial charge >= 0.3 is 0 Å². The molecule has 2 N–H and O–H groups in total. The Morgan fingerprint density at radius 2 is 2.08 bits per heavy atom. The van der Waals surface area contributed by atoms with Crippen LogP contribution >= 0.6 is 24.8 Å². The lowest BCUT2D eigenvalue weighted by Crippen LogP contribution is -2.55. The van der Waals surface area contributed by atoms with Crippen LogP contribution in [0.2, 0.25) is 0 Å². The molecule has 3 heterocycles. The summed E-state index contributed by atoms with van der Waals surface area (Å²) in [6.45, 7) is 9.28. The van der Waals surface area contributed by atoms with E-state index >= 15 is 0 Å². The molecule has 26 heavy (non-hydrogen) atoms. The van der Waals surface area contributed by atoms with E-state index in [2.05, 4.69) is 34.5 Å². The Balaban J connectivity index is 0.00000169. The third-order valence-corrected chi connectivity index (χ3v) is 5.63. The minimum atomic E-state index is -0.527. The number of halogens is 2. The van der Waals surface area contributed by atoms with Gasteiger partial charge in [0.05, 0.1) is 0 Å². The van der Waals surface area contributed by atoms with E-state index in [4.69, 9.17) is 0 Å². The standard InChI is InChI=1S/C18H31N5O.2ClH/c1-15(2)22-11-3-5-16(14-22)13-20-17(24)18(6-9-19-10-7-18)23-12-4-8-21-23;;/h4,8,12,15-16,19H,3,5-7,9-11,13-14H2,1-2H3,(H,20,24);2*1H. The highest BCUT2D eigenvalue weighted by Crippen LogP contribution is 2.27. The third-order valence-electron chi connectivity index (χ3n) is 5.63. The minimum absolute atomic E-state index is 0. The second kappa shape index (κ2) is 10.5. The maximum Gasteiger partial charge on any atom is 0.248 e. The highest BCUT2D eigenvalue weighted by molar-refractivity contribution is 5.85. The Morgan fingerprint density at radius 1 is 1.35 bits per heavy atom. The number of hydrogen-bond acceptors (Lipinski definition) is 4. The molecule has 1 amide bonds. The van der Waals surface area contributed by atoms with Crippen LogP contribution in [-0.4, -0.2) is 59.4 Å². The fourth-order valence-electron chi connectivity index (χ4n) is 4.06. The van der Waals surface area contributed by atoms with Crippen molar-refractivity contribution in [2.45, 2.75) is 51.1 Å². The van der Waals surface area contributed by atoms with Gasteiger partial charge in [0.2, 0.25) is 5.91 Å². The van der Waals surface area contributed by atoms with Crippen LogP contribution in [0.4, 0.5) is 0 Å². The van der Waals surface area contributed by atoms with Gasteiger partial charge in [0, 0.05) is 31.5 Å². The molecule has 0 aromatic carbocycles. The van der Waals surface area contributed by atoms with Gasteiger partial charge in [-0.05, 0) is 71.1 Å². The number of nitrogens with zero attached hydrogens (tertiary/aromatic N) is 3. The number of aromatic nitrogens is 2. The number of hydrogen-bond donors (Lipinski definition) is 2. The lowest BCUT2D eigenvalue weighted by molar-refractivity contribution is -0.132. The molecule has 2 saturated heterocycles. The lowest BCUT2D eigenvalue weighted by Gasteiger charge is -2.38. The van der Waals surface area contributed by atoms with Crippen LogP contribution < -0.4 is 10.6 Å². The van der Waals surface area contributed by atoms with E-state index < -0.39 is 5.54 Å². The van der Waals surface area contributed by atoms with Crippen LogP contribution in [0, 0.1) is 5.92 Å². The normalized spacial score (nSPS) is 23.0. The van der Waals surface area contributed by atoms with Crippen molar-refractivity contribution in [3.63, 3.8) is 0 Å². The van der Waals surface area contributed by atoms with Gasteiger partial charge in [-0.15, -0.1) is 24.8 Å². The van der Waals surface area contributed by atoms with E-state index in [1.165, 1.54) is 19.4 Å². The maximum atomic E-state index is 13.1. The average Bonchev–Trinajstić information content (AvgIpc) is 3.15. The minimum Gasteiger partial charge on any atom is -0.354 e. The Hall–Kier alpha value is -0.820. The van der Waals surface area contributed by atoms with Crippen molar-refractivity contribution in [1.29, 1.82) is 0 Å². The van der Waals surface area contributed by atoms with Crippen molar-refractivity contribution in [2.24, 2.45) is 5.92 Å². The Kier molecular flexibility index (Phi) is 9.38. The number of rotatable bonds is 5. The molecule has 2 fully saturated rings. The fourth-order valence-corrected chi connectivity index (χ4v) is 4.06.